The number of carbonyl (C=O) groups excluding carboxylic acids is 1. The minimum Gasteiger partial charge on any atom is -0.476 e. The van der Waals surface area contributed by atoms with Crippen LogP contribution in [0.15, 0.2) is 42.5 Å². The molecule has 0 spiro atoms. The van der Waals surface area contributed by atoms with E-state index in [2.05, 4.69) is 22.3 Å². The Balaban J connectivity index is 1.41. The molecule has 4 rings (SSSR count). The number of fused-ring (bicyclic) bond motifs is 1. The molecule has 1 atom stereocenters. The Morgan fingerprint density at radius 2 is 1.84 bits per heavy atom. The number of hydrogen-bond acceptors (Lipinski definition) is 5. The third-order valence-corrected chi connectivity index (χ3v) is 6.99. The van der Waals surface area contributed by atoms with Crippen molar-refractivity contribution in [1.82, 2.24) is 5.32 Å². The number of amides is 1. The average Bonchev–Trinajstić information content (AvgIpc) is 2.77. The summed E-state index contributed by atoms with van der Waals surface area (Å²) in [5, 5.41) is 3.25. The predicted octanol–water partition coefficient (Wildman–Crippen LogP) is 3.17. The van der Waals surface area contributed by atoms with Crippen molar-refractivity contribution in [2.75, 3.05) is 35.1 Å². The van der Waals surface area contributed by atoms with Gasteiger partial charge in [0.2, 0.25) is 10.0 Å². The van der Waals surface area contributed by atoms with Crippen LogP contribution in [0, 0.1) is 0 Å². The van der Waals surface area contributed by atoms with Crippen molar-refractivity contribution in [3.8, 4) is 5.75 Å². The predicted molar refractivity (Wildman–Crippen MR) is 122 cm³/mol. The maximum Gasteiger partial charge on any atom is 0.263 e. The molecule has 31 heavy (non-hydrogen) atoms. The van der Waals surface area contributed by atoms with Crippen LogP contribution >= 0.6 is 11.6 Å². The lowest BCUT2D eigenvalue weighted by Gasteiger charge is -2.34. The normalized spacial score (nSPS) is 18.8. The number of halogens is 1. The van der Waals surface area contributed by atoms with Crippen molar-refractivity contribution in [2.24, 2.45) is 0 Å². The molecule has 2 heterocycles. The second kappa shape index (κ2) is 8.96. The van der Waals surface area contributed by atoms with Gasteiger partial charge in [-0.1, -0.05) is 23.7 Å². The first-order valence-electron chi connectivity index (χ1n) is 10.4. The minimum atomic E-state index is -3.60. The Morgan fingerprint density at radius 1 is 1.13 bits per heavy atom. The van der Waals surface area contributed by atoms with E-state index in [9.17, 15) is 13.2 Å². The van der Waals surface area contributed by atoms with E-state index in [1.165, 1.54) is 31.0 Å². The Kier molecular flexibility index (Phi) is 6.29. The lowest BCUT2D eigenvalue weighted by atomic mass is 10.1. The number of ether oxygens (including phenoxy) is 1. The Bertz CT molecular complexity index is 1050. The average molecular weight is 464 g/mol. The second-order valence-corrected chi connectivity index (χ2v) is 10.3. The van der Waals surface area contributed by atoms with Gasteiger partial charge in [0.05, 0.1) is 18.5 Å². The van der Waals surface area contributed by atoms with E-state index in [1.54, 1.807) is 12.1 Å². The molecule has 0 aliphatic carbocycles. The number of nitrogens with one attached hydrogen (secondary N) is 1. The largest absolute Gasteiger partial charge is 0.476 e. The zero-order valence-corrected chi connectivity index (χ0v) is 19.0. The molecule has 2 aromatic rings. The van der Waals surface area contributed by atoms with Crippen molar-refractivity contribution < 1.29 is 17.9 Å². The summed E-state index contributed by atoms with van der Waals surface area (Å²) in [7, 11) is -3.60. The van der Waals surface area contributed by atoms with Crippen molar-refractivity contribution in [2.45, 2.75) is 31.9 Å². The molecule has 9 heteroatoms. The third kappa shape index (κ3) is 5.07. The van der Waals surface area contributed by atoms with Gasteiger partial charge in [0.25, 0.3) is 5.91 Å². The highest BCUT2D eigenvalue weighted by molar-refractivity contribution is 7.92. The number of piperidine rings is 1. The molecular weight excluding hydrogens is 438 g/mol. The molecule has 0 radical (unpaired) electrons. The van der Waals surface area contributed by atoms with Gasteiger partial charge in [-0.3, -0.25) is 9.10 Å². The maximum absolute atomic E-state index is 12.7. The molecule has 7 nitrogen and oxygen atoms in total. The first-order chi connectivity index (χ1) is 14.8. The molecule has 0 aromatic heterocycles. The molecular formula is C22H26ClN3O4S. The maximum atomic E-state index is 12.7. The topological polar surface area (TPSA) is 79.0 Å². The van der Waals surface area contributed by atoms with E-state index in [4.69, 9.17) is 16.3 Å². The molecule has 1 amide bonds. The fraction of sp³-hybridized carbons (Fsp3) is 0.409. The van der Waals surface area contributed by atoms with Gasteiger partial charge in [-0.05, 0) is 55.2 Å². The van der Waals surface area contributed by atoms with Crippen LogP contribution in [0.3, 0.4) is 0 Å². The van der Waals surface area contributed by atoms with Gasteiger partial charge in [-0.2, -0.15) is 0 Å². The van der Waals surface area contributed by atoms with Crippen LogP contribution in [-0.4, -0.2) is 46.3 Å². The van der Waals surface area contributed by atoms with Crippen LogP contribution in [0.5, 0.6) is 5.75 Å². The van der Waals surface area contributed by atoms with Crippen molar-refractivity contribution in [3.63, 3.8) is 0 Å². The summed E-state index contributed by atoms with van der Waals surface area (Å²) in [5.74, 6) is -0.0542. The summed E-state index contributed by atoms with van der Waals surface area (Å²) in [6, 6.07) is 12.9. The van der Waals surface area contributed by atoms with Gasteiger partial charge in [-0.25, -0.2) is 8.42 Å². The van der Waals surface area contributed by atoms with Crippen molar-refractivity contribution in [1.29, 1.82) is 0 Å². The van der Waals surface area contributed by atoms with E-state index in [-0.39, 0.29) is 12.5 Å². The van der Waals surface area contributed by atoms with Crippen LogP contribution in [-0.2, 0) is 21.4 Å². The number of hydrogen-bond donors (Lipinski definition) is 1. The van der Waals surface area contributed by atoms with E-state index >= 15 is 0 Å². The van der Waals surface area contributed by atoms with Crippen molar-refractivity contribution in [3.05, 3.63) is 53.1 Å². The van der Waals surface area contributed by atoms with E-state index in [1.807, 2.05) is 12.1 Å². The van der Waals surface area contributed by atoms with Gasteiger partial charge >= 0.3 is 0 Å². The molecule has 1 saturated heterocycles. The molecule has 0 unspecified atom stereocenters. The number of anilines is 2. The smallest absolute Gasteiger partial charge is 0.263 e. The van der Waals surface area contributed by atoms with Gasteiger partial charge < -0.3 is 15.0 Å². The van der Waals surface area contributed by atoms with E-state index in [0.29, 0.717) is 23.0 Å². The number of sulfonamides is 1. The quantitative estimate of drug-likeness (QED) is 0.736. The zero-order chi connectivity index (χ0) is 22.0. The number of nitrogens with zero attached hydrogens (tertiary/aromatic N) is 2. The van der Waals surface area contributed by atoms with Gasteiger partial charge in [0, 0.05) is 30.3 Å². The molecule has 0 bridgehead atoms. The van der Waals surface area contributed by atoms with Gasteiger partial charge in [0.15, 0.2) is 6.10 Å². The molecule has 0 saturated carbocycles. The molecule has 1 N–H and O–H groups in total. The number of rotatable bonds is 5. The van der Waals surface area contributed by atoms with Crippen LogP contribution in [0.25, 0.3) is 0 Å². The highest BCUT2D eigenvalue weighted by Gasteiger charge is 2.35. The monoisotopic (exact) mass is 463 g/mol. The fourth-order valence-electron chi connectivity index (χ4n) is 3.95. The highest BCUT2D eigenvalue weighted by Crippen LogP contribution is 2.37. The SMILES string of the molecule is CS(=O)(=O)N1C[C@@H](C(=O)NCc2ccc(N3CCCCC3)cc2)Oc2ccc(Cl)cc21. The first-order valence-corrected chi connectivity index (χ1v) is 12.6. The lowest BCUT2D eigenvalue weighted by molar-refractivity contribution is -0.127. The minimum absolute atomic E-state index is 0.105. The Hall–Kier alpha value is -2.45. The summed E-state index contributed by atoms with van der Waals surface area (Å²) in [4.78, 5) is 15.1. The molecule has 166 valence electrons. The lowest BCUT2D eigenvalue weighted by Crippen LogP contribution is -2.50. The standard InChI is InChI=1S/C22H26ClN3O4S/c1-31(28,29)26-15-21(30-20-10-7-17(23)13-19(20)26)22(27)24-14-16-5-8-18(9-6-16)25-11-3-2-4-12-25/h5-10,13,21H,2-4,11-12,14-15H2,1H3,(H,24,27)/t21-/m0/s1. The van der Waals surface area contributed by atoms with Crippen LogP contribution in [0.4, 0.5) is 11.4 Å². The number of carbonyl (C=O) groups is 1. The summed E-state index contributed by atoms with van der Waals surface area (Å²) in [6.45, 7) is 2.40. The first kappa shape index (κ1) is 21.8. The summed E-state index contributed by atoms with van der Waals surface area (Å²) < 4.78 is 31.5. The third-order valence-electron chi connectivity index (χ3n) is 5.61. The second-order valence-electron chi connectivity index (χ2n) is 7.94. The van der Waals surface area contributed by atoms with E-state index < -0.39 is 16.1 Å². The summed E-state index contributed by atoms with van der Waals surface area (Å²) in [5.41, 5.74) is 2.51. The van der Waals surface area contributed by atoms with Crippen LogP contribution in [0.2, 0.25) is 5.02 Å². The fourth-order valence-corrected chi connectivity index (χ4v) is 5.03. The molecule has 2 aliphatic heterocycles. The van der Waals surface area contributed by atoms with Crippen LogP contribution < -0.4 is 19.3 Å². The Labute approximate surface area is 188 Å². The number of benzene rings is 2. The zero-order valence-electron chi connectivity index (χ0n) is 17.4. The Morgan fingerprint density at radius 3 is 2.52 bits per heavy atom. The van der Waals surface area contributed by atoms with E-state index in [0.717, 1.165) is 29.2 Å². The molecule has 1 fully saturated rings. The summed E-state index contributed by atoms with van der Waals surface area (Å²) in [6.07, 6.45) is 3.88. The molecule has 2 aromatic carbocycles. The van der Waals surface area contributed by atoms with Gasteiger partial charge in [-0.15, -0.1) is 0 Å². The van der Waals surface area contributed by atoms with Gasteiger partial charge in [0.1, 0.15) is 5.75 Å². The summed E-state index contributed by atoms with van der Waals surface area (Å²) >= 11 is 6.01. The van der Waals surface area contributed by atoms with Crippen molar-refractivity contribution >= 4 is 38.9 Å². The molecule has 2 aliphatic rings. The highest BCUT2D eigenvalue weighted by atomic mass is 35.5. The van der Waals surface area contributed by atoms with Crippen LogP contribution in [0.1, 0.15) is 24.8 Å².